The Hall–Kier alpha value is -1.38. The molecule has 0 saturated carbocycles. The summed E-state index contributed by atoms with van der Waals surface area (Å²) in [6.07, 6.45) is 2.93. The number of aliphatic imine (C=N–C) groups is 1. The second kappa shape index (κ2) is 10.4. The van der Waals surface area contributed by atoms with Gasteiger partial charge in [0.25, 0.3) is 0 Å². The van der Waals surface area contributed by atoms with Crippen molar-refractivity contribution in [3.05, 3.63) is 28.8 Å². The molecule has 126 valence electrons. The van der Waals surface area contributed by atoms with Gasteiger partial charge < -0.3 is 9.62 Å². The average Bonchev–Trinajstić information content (AvgIpc) is 2.51. The monoisotopic (exact) mass is 374 g/mol. The van der Waals surface area contributed by atoms with Gasteiger partial charge in [-0.15, -0.1) is 11.8 Å². The van der Waals surface area contributed by atoms with Crippen LogP contribution >= 0.6 is 35.3 Å². The molecule has 6 nitrogen and oxygen atoms in total. The molecule has 9 heteroatoms. The summed E-state index contributed by atoms with van der Waals surface area (Å²) in [6, 6.07) is 5.51. The Morgan fingerprint density at radius 2 is 2.26 bits per heavy atom. The smallest absolute Gasteiger partial charge is 0.309 e. The summed E-state index contributed by atoms with van der Waals surface area (Å²) >= 11 is 8.68. The van der Waals surface area contributed by atoms with E-state index in [4.69, 9.17) is 11.6 Å². The number of halogens is 1. The molecule has 1 aromatic carbocycles. The number of amides is 1. The number of hydrogen-bond donors (Lipinski definition) is 1. The lowest BCUT2D eigenvalue weighted by molar-refractivity contribution is 0.153. The molecule has 23 heavy (non-hydrogen) atoms. The van der Waals surface area contributed by atoms with Gasteiger partial charge in [0.05, 0.1) is 11.6 Å². The fourth-order valence-electron chi connectivity index (χ4n) is 1.31. The summed E-state index contributed by atoms with van der Waals surface area (Å²) in [5.74, 6) is 0.342. The molecule has 0 aromatic heterocycles. The molecule has 0 heterocycles. The van der Waals surface area contributed by atoms with Crippen molar-refractivity contribution in [2.45, 2.75) is 13.8 Å². The maximum atomic E-state index is 11.4. The zero-order valence-corrected chi connectivity index (χ0v) is 15.8. The van der Waals surface area contributed by atoms with Crippen molar-refractivity contribution < 1.29 is 9.63 Å². The van der Waals surface area contributed by atoms with Crippen molar-refractivity contribution in [2.24, 2.45) is 10.1 Å². The summed E-state index contributed by atoms with van der Waals surface area (Å²) < 4.78 is 1.78. The summed E-state index contributed by atoms with van der Waals surface area (Å²) in [5, 5.41) is 7.58. The lowest BCUT2D eigenvalue weighted by Crippen LogP contribution is -2.24. The van der Waals surface area contributed by atoms with E-state index in [0.29, 0.717) is 15.9 Å². The lowest BCUT2D eigenvalue weighted by atomic mass is 10.2. The maximum absolute atomic E-state index is 11.4. The number of rotatable bonds is 6. The molecule has 1 aromatic rings. The van der Waals surface area contributed by atoms with Crippen molar-refractivity contribution >= 4 is 58.5 Å². The Morgan fingerprint density at radius 1 is 1.52 bits per heavy atom. The van der Waals surface area contributed by atoms with Crippen LogP contribution in [0.2, 0.25) is 5.02 Å². The highest BCUT2D eigenvalue weighted by Gasteiger charge is 2.02. The van der Waals surface area contributed by atoms with E-state index in [1.165, 1.54) is 23.7 Å². The van der Waals surface area contributed by atoms with E-state index in [1.54, 1.807) is 23.6 Å². The quantitative estimate of drug-likeness (QED) is 0.201. The van der Waals surface area contributed by atoms with Crippen LogP contribution in [0.1, 0.15) is 12.5 Å². The maximum Gasteiger partial charge on any atom is 0.434 e. The first-order valence-electron chi connectivity index (χ1n) is 6.62. The Bertz CT molecular complexity index is 596. The third-order valence-electron chi connectivity index (χ3n) is 2.56. The van der Waals surface area contributed by atoms with E-state index in [0.717, 1.165) is 11.3 Å². The molecule has 0 saturated heterocycles. The van der Waals surface area contributed by atoms with Crippen LogP contribution in [0.25, 0.3) is 0 Å². The van der Waals surface area contributed by atoms with Crippen molar-refractivity contribution in [3.63, 3.8) is 0 Å². The van der Waals surface area contributed by atoms with Gasteiger partial charge in [0.1, 0.15) is 11.4 Å². The number of carbonyl (C=O) groups is 1. The normalized spacial score (nSPS) is 11.6. The molecule has 0 fully saturated rings. The minimum Gasteiger partial charge on any atom is -0.309 e. The summed E-state index contributed by atoms with van der Waals surface area (Å²) in [5.41, 5.74) is 1.84. The average molecular weight is 375 g/mol. The minimum atomic E-state index is -0.593. The highest BCUT2D eigenvalue weighted by molar-refractivity contribution is 8.13. The van der Waals surface area contributed by atoms with Crippen LogP contribution in [-0.4, -0.2) is 41.0 Å². The Labute approximate surface area is 149 Å². The third-order valence-corrected chi connectivity index (χ3v) is 4.23. The van der Waals surface area contributed by atoms with Gasteiger partial charge in [0.2, 0.25) is 0 Å². The Morgan fingerprint density at radius 3 is 2.91 bits per heavy atom. The van der Waals surface area contributed by atoms with Gasteiger partial charge in [-0.3, -0.25) is 4.84 Å². The predicted molar refractivity (Wildman–Crippen MR) is 101 cm³/mol. The second-order valence-electron chi connectivity index (χ2n) is 4.36. The number of aryl methyl sites for hydroxylation is 1. The van der Waals surface area contributed by atoms with E-state index >= 15 is 0 Å². The van der Waals surface area contributed by atoms with Gasteiger partial charge in [-0.05, 0) is 55.8 Å². The fourth-order valence-corrected chi connectivity index (χ4v) is 2.15. The van der Waals surface area contributed by atoms with Crippen LogP contribution in [0.15, 0.2) is 28.3 Å². The number of hydrogen-bond acceptors (Lipinski definition) is 6. The lowest BCUT2D eigenvalue weighted by Gasteiger charge is -2.11. The van der Waals surface area contributed by atoms with Gasteiger partial charge in [0.15, 0.2) is 0 Å². The summed E-state index contributed by atoms with van der Waals surface area (Å²) in [4.78, 5) is 20.4. The molecule has 0 aliphatic heterocycles. The second-order valence-corrected chi connectivity index (χ2v) is 6.92. The van der Waals surface area contributed by atoms with Crippen LogP contribution in [-0.2, 0) is 4.84 Å². The van der Waals surface area contributed by atoms with Crippen LogP contribution < -0.4 is 5.32 Å². The van der Waals surface area contributed by atoms with E-state index in [2.05, 4.69) is 20.3 Å². The molecule has 0 aliphatic rings. The van der Waals surface area contributed by atoms with Crippen molar-refractivity contribution in [2.75, 3.05) is 19.2 Å². The molecule has 0 unspecified atom stereocenters. The minimum absolute atomic E-state index is 0.342. The van der Waals surface area contributed by atoms with E-state index < -0.39 is 6.09 Å². The Kier molecular flexibility index (Phi) is 8.90. The largest absolute Gasteiger partial charge is 0.434 e. The highest BCUT2D eigenvalue weighted by atomic mass is 35.5. The molecule has 0 atom stereocenters. The van der Waals surface area contributed by atoms with Crippen LogP contribution in [0.3, 0.4) is 0 Å². The first-order chi connectivity index (χ1) is 10.9. The highest BCUT2D eigenvalue weighted by Crippen LogP contribution is 2.22. The van der Waals surface area contributed by atoms with Gasteiger partial charge in [0, 0.05) is 12.1 Å². The molecule has 0 radical (unpaired) electrons. The fraction of sp³-hybridized carbons (Fsp3) is 0.357. The first-order valence-corrected chi connectivity index (χ1v) is 9.16. The molecule has 0 aliphatic carbocycles. The molecule has 1 amide bonds. The third kappa shape index (κ3) is 8.15. The van der Waals surface area contributed by atoms with Crippen molar-refractivity contribution in [1.82, 2.24) is 9.62 Å². The number of nitrogens with zero attached hydrogens (tertiary/aromatic N) is 3. The Balaban J connectivity index is 2.35. The SMILES string of the molecule is CS/C(C)=N/OC(=O)NCSN(C)C=Nc1ccc(Cl)cc1C. The van der Waals surface area contributed by atoms with E-state index in [9.17, 15) is 4.79 Å². The van der Waals surface area contributed by atoms with E-state index in [1.807, 2.05) is 32.4 Å². The number of thioether (sulfide) groups is 1. The molecule has 0 bridgehead atoms. The van der Waals surface area contributed by atoms with Crippen molar-refractivity contribution in [3.8, 4) is 0 Å². The van der Waals surface area contributed by atoms with Crippen LogP contribution in [0.4, 0.5) is 10.5 Å². The van der Waals surface area contributed by atoms with Gasteiger partial charge in [-0.25, -0.2) is 9.79 Å². The number of nitrogens with one attached hydrogen (secondary N) is 1. The van der Waals surface area contributed by atoms with Gasteiger partial charge >= 0.3 is 6.09 Å². The zero-order chi connectivity index (χ0) is 17.2. The van der Waals surface area contributed by atoms with E-state index in [-0.39, 0.29) is 0 Å². The van der Waals surface area contributed by atoms with Gasteiger partial charge in [-0.2, -0.15) is 0 Å². The number of oxime groups is 1. The topological polar surface area (TPSA) is 66.3 Å². The standard InChI is InChI=1S/C14H19ClN4O2S2/c1-10-7-12(15)5-6-13(10)16-8-19(3)23-9-17-14(20)21-18-11(2)22-4/h5-8H,9H2,1-4H3,(H,17,20)/b16-8?,18-11+. The predicted octanol–water partition coefficient (Wildman–Crippen LogP) is 4.27. The van der Waals surface area contributed by atoms with Crippen LogP contribution in [0.5, 0.6) is 0 Å². The molecule has 0 spiro atoms. The molecular weight excluding hydrogens is 356 g/mol. The summed E-state index contributed by atoms with van der Waals surface area (Å²) in [6.45, 7) is 3.70. The summed E-state index contributed by atoms with van der Waals surface area (Å²) in [7, 11) is 1.84. The molecule has 1 rings (SSSR count). The van der Waals surface area contributed by atoms with Gasteiger partial charge in [-0.1, -0.05) is 16.8 Å². The van der Waals surface area contributed by atoms with Crippen LogP contribution in [0, 0.1) is 6.92 Å². The molecular formula is C14H19ClN4O2S2. The molecule has 1 N–H and O–H groups in total. The number of carbonyl (C=O) groups excluding carboxylic acids is 1. The first kappa shape index (κ1) is 19.7. The zero-order valence-electron chi connectivity index (χ0n) is 13.4. The van der Waals surface area contributed by atoms with Crippen molar-refractivity contribution in [1.29, 1.82) is 0 Å². The number of benzene rings is 1.